The Bertz CT molecular complexity index is 3390. The Morgan fingerprint density at radius 1 is 0.441 bits per heavy atom. The Hall–Kier alpha value is -7.56. The van der Waals surface area contributed by atoms with Gasteiger partial charge in [-0.1, -0.05) is 153 Å². The molecule has 0 aliphatic heterocycles. The molecule has 3 heterocycles. The van der Waals surface area contributed by atoms with Crippen molar-refractivity contribution in [3.05, 3.63) is 199 Å². The minimum Gasteiger partial charge on any atom is -0.456 e. The van der Waals surface area contributed by atoms with Crippen LogP contribution in [0.2, 0.25) is 0 Å². The molecule has 12 rings (SSSR count). The zero-order valence-corrected chi connectivity index (χ0v) is 32.6. The maximum absolute atomic E-state index is 6.95. The number of fused-ring (bicyclic) bond motifs is 10. The van der Waals surface area contributed by atoms with Crippen molar-refractivity contribution in [2.75, 3.05) is 0 Å². The second kappa shape index (κ2) is 12.7. The first-order valence-corrected chi connectivity index (χ1v) is 20.2. The maximum Gasteiger partial charge on any atom is 0.161 e. The van der Waals surface area contributed by atoms with E-state index in [1.165, 1.54) is 44.1 Å². The summed E-state index contributed by atoms with van der Waals surface area (Å²) in [4.78, 5) is 10.6. The summed E-state index contributed by atoms with van der Waals surface area (Å²) in [5.41, 5.74) is 17.2. The minimum absolute atomic E-state index is 0.143. The Kier molecular flexibility index (Phi) is 7.24. The van der Waals surface area contributed by atoms with Crippen LogP contribution in [0.5, 0.6) is 0 Å². The molecule has 4 heteroatoms. The van der Waals surface area contributed by atoms with Gasteiger partial charge in [0.15, 0.2) is 5.82 Å². The predicted octanol–water partition coefficient (Wildman–Crippen LogP) is 14.4. The molecule has 11 aromatic rings. The van der Waals surface area contributed by atoms with E-state index < -0.39 is 0 Å². The molecule has 278 valence electrons. The molecule has 1 aliphatic rings. The van der Waals surface area contributed by atoms with Crippen LogP contribution in [-0.4, -0.2) is 14.5 Å². The Morgan fingerprint density at radius 3 is 1.81 bits per heavy atom. The van der Waals surface area contributed by atoms with Crippen molar-refractivity contribution < 1.29 is 4.42 Å². The molecule has 59 heavy (non-hydrogen) atoms. The number of benzene rings is 8. The van der Waals surface area contributed by atoms with Crippen molar-refractivity contribution in [1.82, 2.24) is 14.5 Å². The van der Waals surface area contributed by atoms with Gasteiger partial charge >= 0.3 is 0 Å². The minimum atomic E-state index is -0.143. The fourth-order valence-electron chi connectivity index (χ4n) is 9.70. The van der Waals surface area contributed by atoms with E-state index >= 15 is 0 Å². The van der Waals surface area contributed by atoms with Gasteiger partial charge in [0, 0.05) is 55.4 Å². The van der Waals surface area contributed by atoms with Gasteiger partial charge in [0.2, 0.25) is 0 Å². The highest BCUT2D eigenvalue weighted by Crippen LogP contribution is 2.53. The molecule has 0 fully saturated rings. The monoisotopic (exact) mass is 755 g/mol. The van der Waals surface area contributed by atoms with Gasteiger partial charge in [-0.05, 0) is 75.8 Å². The average molecular weight is 756 g/mol. The highest BCUT2D eigenvalue weighted by Gasteiger charge is 2.38. The number of furan rings is 1. The molecular formula is C55H37N3O. The van der Waals surface area contributed by atoms with Crippen LogP contribution in [0.3, 0.4) is 0 Å². The summed E-state index contributed by atoms with van der Waals surface area (Å²) >= 11 is 0. The lowest BCUT2D eigenvalue weighted by atomic mass is 9.80. The molecule has 0 N–H and O–H groups in total. The van der Waals surface area contributed by atoms with E-state index in [1.54, 1.807) is 0 Å². The first kappa shape index (κ1) is 33.6. The highest BCUT2D eigenvalue weighted by molar-refractivity contribution is 6.16. The van der Waals surface area contributed by atoms with Crippen molar-refractivity contribution in [3.8, 4) is 61.8 Å². The Morgan fingerprint density at radius 2 is 1.08 bits per heavy atom. The fraction of sp³-hybridized carbons (Fsp3) is 0.0545. The first-order valence-electron chi connectivity index (χ1n) is 20.2. The van der Waals surface area contributed by atoms with E-state index in [0.717, 1.165) is 66.8 Å². The number of rotatable bonds is 5. The van der Waals surface area contributed by atoms with Crippen LogP contribution >= 0.6 is 0 Å². The average Bonchev–Trinajstić information content (AvgIpc) is 3.91. The van der Waals surface area contributed by atoms with Crippen LogP contribution in [0.25, 0.3) is 106 Å². The quantitative estimate of drug-likeness (QED) is 0.176. The fourth-order valence-corrected chi connectivity index (χ4v) is 9.70. The standard InChI is InChI=1S/C55H37N3O/c1-55(2)44-24-14-12-22-39(44)40-28-29-48-52(53(40)55)41-23-13-15-25-47(41)58(48)38-26-27-42-49(32-38)59-50-31-37(34-16-6-3-7-17-34)30-43(51(42)50)54-56-45(35-18-8-4-9-19-35)33-46(57-54)36-20-10-5-11-21-36/h3-33H,1-2H3. The predicted molar refractivity (Wildman–Crippen MR) is 243 cm³/mol. The number of aromatic nitrogens is 3. The Balaban J connectivity index is 1.11. The normalized spacial score (nSPS) is 13.1. The molecule has 1 aliphatic carbocycles. The van der Waals surface area contributed by atoms with E-state index in [9.17, 15) is 0 Å². The van der Waals surface area contributed by atoms with Gasteiger partial charge < -0.3 is 8.98 Å². The van der Waals surface area contributed by atoms with Crippen LogP contribution in [0.1, 0.15) is 25.0 Å². The lowest BCUT2D eigenvalue weighted by Crippen LogP contribution is -2.15. The van der Waals surface area contributed by atoms with Crippen molar-refractivity contribution in [3.63, 3.8) is 0 Å². The largest absolute Gasteiger partial charge is 0.456 e. The summed E-state index contributed by atoms with van der Waals surface area (Å²) in [6.07, 6.45) is 0. The van der Waals surface area contributed by atoms with Crippen LogP contribution in [-0.2, 0) is 5.41 Å². The number of nitrogens with zero attached hydrogens (tertiary/aromatic N) is 3. The molecule has 0 bridgehead atoms. The van der Waals surface area contributed by atoms with Crippen LogP contribution < -0.4 is 0 Å². The SMILES string of the molecule is CC1(C)c2ccccc2-c2ccc3c(c21)c1ccccc1n3-c1ccc2c(c1)oc1cc(-c3ccccc3)cc(-c3nc(-c4ccccc4)cc(-c4ccccc4)n3)c12. The van der Waals surface area contributed by atoms with Crippen molar-refractivity contribution in [1.29, 1.82) is 0 Å². The van der Waals surface area contributed by atoms with Crippen LogP contribution in [0, 0.1) is 0 Å². The smallest absolute Gasteiger partial charge is 0.161 e. The molecule has 0 amide bonds. The lowest BCUT2D eigenvalue weighted by Gasteiger charge is -2.22. The van der Waals surface area contributed by atoms with E-state index in [2.05, 4.69) is 188 Å². The van der Waals surface area contributed by atoms with Gasteiger partial charge in [-0.2, -0.15) is 0 Å². The topological polar surface area (TPSA) is 43.9 Å². The molecule has 0 radical (unpaired) electrons. The second-order valence-corrected chi connectivity index (χ2v) is 16.1. The second-order valence-electron chi connectivity index (χ2n) is 16.1. The molecule has 0 unspecified atom stereocenters. The number of hydrogen-bond acceptors (Lipinski definition) is 3. The third kappa shape index (κ3) is 5.09. The summed E-state index contributed by atoms with van der Waals surface area (Å²) in [6.45, 7) is 4.74. The van der Waals surface area contributed by atoms with E-state index in [4.69, 9.17) is 14.4 Å². The van der Waals surface area contributed by atoms with Gasteiger partial charge in [0.25, 0.3) is 0 Å². The zero-order chi connectivity index (χ0) is 39.2. The van der Waals surface area contributed by atoms with Gasteiger partial charge in [-0.15, -0.1) is 0 Å². The van der Waals surface area contributed by atoms with Gasteiger partial charge in [0.1, 0.15) is 11.2 Å². The number of hydrogen-bond donors (Lipinski definition) is 0. The first-order chi connectivity index (χ1) is 29.0. The Labute approximate surface area is 341 Å². The van der Waals surface area contributed by atoms with Gasteiger partial charge in [0.05, 0.1) is 22.4 Å². The molecule has 4 nitrogen and oxygen atoms in total. The van der Waals surface area contributed by atoms with E-state index in [-0.39, 0.29) is 5.41 Å². The molecule has 3 aromatic heterocycles. The molecular weight excluding hydrogens is 719 g/mol. The lowest BCUT2D eigenvalue weighted by molar-refractivity contribution is 0.666. The summed E-state index contributed by atoms with van der Waals surface area (Å²) in [5, 5.41) is 4.58. The molecule has 8 aromatic carbocycles. The van der Waals surface area contributed by atoms with Gasteiger partial charge in [-0.3, -0.25) is 0 Å². The molecule has 0 saturated heterocycles. The van der Waals surface area contributed by atoms with E-state index in [1.807, 2.05) is 18.2 Å². The van der Waals surface area contributed by atoms with Crippen molar-refractivity contribution in [2.24, 2.45) is 0 Å². The zero-order valence-electron chi connectivity index (χ0n) is 32.6. The molecule has 0 saturated carbocycles. The third-order valence-corrected chi connectivity index (χ3v) is 12.4. The van der Waals surface area contributed by atoms with Crippen molar-refractivity contribution >= 4 is 43.7 Å². The molecule has 0 spiro atoms. The van der Waals surface area contributed by atoms with E-state index in [0.29, 0.717) is 5.82 Å². The maximum atomic E-state index is 6.95. The van der Waals surface area contributed by atoms with Crippen LogP contribution in [0.4, 0.5) is 0 Å². The number of para-hydroxylation sites is 1. The summed E-state index contributed by atoms with van der Waals surface area (Å²) in [7, 11) is 0. The van der Waals surface area contributed by atoms with Crippen molar-refractivity contribution in [2.45, 2.75) is 19.3 Å². The summed E-state index contributed by atoms with van der Waals surface area (Å²) < 4.78 is 9.36. The van der Waals surface area contributed by atoms with Gasteiger partial charge in [-0.25, -0.2) is 9.97 Å². The molecule has 0 atom stereocenters. The highest BCUT2D eigenvalue weighted by atomic mass is 16.3. The summed E-state index contributed by atoms with van der Waals surface area (Å²) in [6, 6.07) is 66.7. The summed E-state index contributed by atoms with van der Waals surface area (Å²) in [5.74, 6) is 0.652. The van der Waals surface area contributed by atoms with Crippen LogP contribution in [0.15, 0.2) is 192 Å². The third-order valence-electron chi connectivity index (χ3n) is 12.4.